The highest BCUT2D eigenvalue weighted by atomic mass is 35.5. The van der Waals surface area contributed by atoms with E-state index < -0.39 is 0 Å². The number of rotatable bonds is 0. The third-order valence-corrected chi connectivity index (χ3v) is 3.00. The third-order valence-electron chi connectivity index (χ3n) is 2.79. The molecule has 0 unspecified atom stereocenters. The second-order valence-corrected chi connectivity index (χ2v) is 4.16. The van der Waals surface area contributed by atoms with Crippen LogP contribution >= 0.6 is 11.6 Å². The first kappa shape index (κ1) is 8.93. The monoisotopic (exact) mass is 218 g/mol. The first-order valence-electron chi connectivity index (χ1n) is 4.83. The molecule has 0 heterocycles. The Kier molecular flexibility index (Phi) is 1.83. The van der Waals surface area contributed by atoms with Crippen molar-refractivity contribution >= 4 is 28.2 Å². The Hall–Kier alpha value is -1.34. The van der Waals surface area contributed by atoms with Gasteiger partial charge in [-0.25, -0.2) is 4.39 Å². The molecule has 0 fully saturated rings. The number of benzene rings is 2. The Balaban J connectivity index is 2.52. The molecular formula is C13H8ClF. The second-order valence-electron chi connectivity index (χ2n) is 3.72. The summed E-state index contributed by atoms with van der Waals surface area (Å²) in [6.07, 6.45) is 2.27. The topological polar surface area (TPSA) is 0 Å². The Bertz CT molecular complexity index is 584. The van der Waals surface area contributed by atoms with E-state index in [2.05, 4.69) is 0 Å². The maximum Gasteiger partial charge on any atom is 0.127 e. The lowest BCUT2D eigenvalue weighted by molar-refractivity contribution is 0.755. The van der Waals surface area contributed by atoms with Gasteiger partial charge in [0.15, 0.2) is 0 Å². The molecule has 0 aromatic heterocycles. The lowest BCUT2D eigenvalue weighted by atomic mass is 9.92. The van der Waals surface area contributed by atoms with Crippen molar-refractivity contribution in [3.63, 3.8) is 0 Å². The van der Waals surface area contributed by atoms with Gasteiger partial charge in [0.25, 0.3) is 0 Å². The Morgan fingerprint density at radius 3 is 2.93 bits per heavy atom. The van der Waals surface area contributed by atoms with Crippen molar-refractivity contribution in [1.29, 1.82) is 0 Å². The fourth-order valence-corrected chi connectivity index (χ4v) is 2.36. The van der Waals surface area contributed by atoms with Gasteiger partial charge in [0.05, 0.1) is 0 Å². The molecular weight excluding hydrogens is 211 g/mol. The summed E-state index contributed by atoms with van der Waals surface area (Å²) in [5, 5.41) is 2.60. The average Bonchev–Trinajstić information content (AvgIpc) is 2.23. The van der Waals surface area contributed by atoms with Crippen molar-refractivity contribution in [2.45, 2.75) is 6.42 Å². The molecule has 0 saturated heterocycles. The van der Waals surface area contributed by atoms with E-state index in [9.17, 15) is 4.39 Å². The van der Waals surface area contributed by atoms with Crippen molar-refractivity contribution in [2.24, 2.45) is 0 Å². The summed E-state index contributed by atoms with van der Waals surface area (Å²) in [4.78, 5) is 0. The van der Waals surface area contributed by atoms with E-state index in [-0.39, 0.29) is 5.83 Å². The highest BCUT2D eigenvalue weighted by Crippen LogP contribution is 2.35. The summed E-state index contributed by atoms with van der Waals surface area (Å²) in [6.45, 7) is 0. The van der Waals surface area contributed by atoms with Crippen LogP contribution in [0.1, 0.15) is 11.1 Å². The lowest BCUT2D eigenvalue weighted by Crippen LogP contribution is -1.95. The first-order valence-corrected chi connectivity index (χ1v) is 5.21. The van der Waals surface area contributed by atoms with Crippen molar-refractivity contribution in [1.82, 2.24) is 0 Å². The Morgan fingerprint density at radius 2 is 2.07 bits per heavy atom. The Labute approximate surface area is 92.0 Å². The van der Waals surface area contributed by atoms with E-state index in [4.69, 9.17) is 11.6 Å². The maximum atomic E-state index is 13.6. The first-order chi connectivity index (χ1) is 7.25. The summed E-state index contributed by atoms with van der Waals surface area (Å²) in [7, 11) is 0. The van der Waals surface area contributed by atoms with Crippen molar-refractivity contribution in [2.75, 3.05) is 0 Å². The zero-order valence-electron chi connectivity index (χ0n) is 7.93. The van der Waals surface area contributed by atoms with Crippen LogP contribution in [-0.4, -0.2) is 0 Å². The molecule has 1 aliphatic rings. The van der Waals surface area contributed by atoms with E-state index in [0.29, 0.717) is 17.0 Å². The minimum Gasteiger partial charge on any atom is -0.207 e. The van der Waals surface area contributed by atoms with E-state index >= 15 is 0 Å². The lowest BCUT2D eigenvalue weighted by Gasteiger charge is -2.14. The quantitative estimate of drug-likeness (QED) is 0.616. The standard InChI is InChI=1S/C13H8ClF/c14-10-6-9-3-1-2-8-4-5-12(15)11(7-10)13(8)9/h1-3,5-7H,4H2. The summed E-state index contributed by atoms with van der Waals surface area (Å²) in [6, 6.07) is 9.55. The molecule has 3 rings (SSSR count). The van der Waals surface area contributed by atoms with E-state index in [0.717, 1.165) is 10.8 Å². The fourth-order valence-electron chi connectivity index (χ4n) is 2.14. The van der Waals surface area contributed by atoms with Crippen LogP contribution in [0.5, 0.6) is 0 Å². The van der Waals surface area contributed by atoms with Crippen molar-refractivity contribution < 1.29 is 4.39 Å². The molecule has 15 heavy (non-hydrogen) atoms. The van der Waals surface area contributed by atoms with Gasteiger partial charge in [-0.05, 0) is 41.0 Å². The van der Waals surface area contributed by atoms with Crippen LogP contribution in [0.25, 0.3) is 16.6 Å². The molecule has 0 atom stereocenters. The van der Waals surface area contributed by atoms with Gasteiger partial charge in [-0.2, -0.15) is 0 Å². The molecule has 0 amide bonds. The molecule has 0 spiro atoms. The number of hydrogen-bond donors (Lipinski definition) is 0. The van der Waals surface area contributed by atoms with Gasteiger partial charge in [-0.15, -0.1) is 0 Å². The summed E-state index contributed by atoms with van der Waals surface area (Å²) >= 11 is 5.95. The summed E-state index contributed by atoms with van der Waals surface area (Å²) < 4.78 is 13.6. The minimum atomic E-state index is -0.166. The molecule has 0 bridgehead atoms. The van der Waals surface area contributed by atoms with Gasteiger partial charge in [0.1, 0.15) is 5.83 Å². The van der Waals surface area contributed by atoms with Crippen molar-refractivity contribution in [3.8, 4) is 0 Å². The predicted octanol–water partition coefficient (Wildman–Crippen LogP) is 4.36. The number of hydrogen-bond acceptors (Lipinski definition) is 0. The molecule has 74 valence electrons. The van der Waals surface area contributed by atoms with Gasteiger partial charge in [-0.3, -0.25) is 0 Å². The molecule has 2 aromatic rings. The van der Waals surface area contributed by atoms with Gasteiger partial charge in [-0.1, -0.05) is 29.8 Å². The van der Waals surface area contributed by atoms with Crippen LogP contribution in [0.15, 0.2) is 36.4 Å². The normalized spacial score (nSPS) is 14.1. The van der Waals surface area contributed by atoms with Crippen LogP contribution in [0.3, 0.4) is 0 Å². The summed E-state index contributed by atoms with van der Waals surface area (Å²) in [5.41, 5.74) is 1.79. The van der Waals surface area contributed by atoms with Crippen molar-refractivity contribution in [3.05, 3.63) is 52.6 Å². The zero-order valence-corrected chi connectivity index (χ0v) is 8.68. The van der Waals surface area contributed by atoms with E-state index in [1.165, 1.54) is 5.56 Å². The van der Waals surface area contributed by atoms with Gasteiger partial charge in [0, 0.05) is 10.6 Å². The van der Waals surface area contributed by atoms with Crippen LogP contribution < -0.4 is 0 Å². The van der Waals surface area contributed by atoms with Gasteiger partial charge < -0.3 is 0 Å². The SMILES string of the molecule is FC1=CCc2cccc3cc(Cl)cc1c23. The average molecular weight is 219 g/mol. The maximum absolute atomic E-state index is 13.6. The largest absolute Gasteiger partial charge is 0.207 e. The molecule has 0 radical (unpaired) electrons. The molecule has 2 aromatic carbocycles. The minimum absolute atomic E-state index is 0.166. The second kappa shape index (κ2) is 3.07. The highest BCUT2D eigenvalue weighted by molar-refractivity contribution is 6.31. The molecule has 0 nitrogen and oxygen atoms in total. The van der Waals surface area contributed by atoms with Crippen LogP contribution in [0.2, 0.25) is 5.02 Å². The number of halogens is 2. The predicted molar refractivity (Wildman–Crippen MR) is 61.7 cm³/mol. The molecule has 0 saturated carbocycles. The summed E-state index contributed by atoms with van der Waals surface area (Å²) in [5.74, 6) is -0.166. The third kappa shape index (κ3) is 1.27. The molecule has 1 aliphatic carbocycles. The smallest absolute Gasteiger partial charge is 0.127 e. The van der Waals surface area contributed by atoms with Crippen LogP contribution in [0, 0.1) is 0 Å². The molecule has 2 heteroatoms. The highest BCUT2D eigenvalue weighted by Gasteiger charge is 2.15. The van der Waals surface area contributed by atoms with E-state index in [1.807, 2.05) is 24.3 Å². The van der Waals surface area contributed by atoms with Gasteiger partial charge in [0.2, 0.25) is 0 Å². The molecule has 0 aliphatic heterocycles. The van der Waals surface area contributed by atoms with E-state index in [1.54, 1.807) is 12.1 Å². The Morgan fingerprint density at radius 1 is 1.20 bits per heavy atom. The number of allylic oxidation sites excluding steroid dienone is 1. The zero-order chi connectivity index (χ0) is 10.4. The molecule has 0 N–H and O–H groups in total. The fraction of sp³-hybridized carbons (Fsp3) is 0.0769. The van der Waals surface area contributed by atoms with Crippen LogP contribution in [-0.2, 0) is 6.42 Å². The van der Waals surface area contributed by atoms with Crippen LogP contribution in [0.4, 0.5) is 4.39 Å². The van der Waals surface area contributed by atoms with Gasteiger partial charge >= 0.3 is 0 Å².